The normalized spacial score (nSPS) is 11.2. The SMILES string of the molecule is NC=CCCNCCCNCCCN. The molecule has 0 aromatic carbocycles. The Morgan fingerprint density at radius 1 is 0.929 bits per heavy atom. The molecular formula is C10H24N4. The van der Waals surface area contributed by atoms with Crippen molar-refractivity contribution in [2.24, 2.45) is 11.5 Å². The predicted molar refractivity (Wildman–Crippen MR) is 62.0 cm³/mol. The van der Waals surface area contributed by atoms with Gasteiger partial charge in [0.25, 0.3) is 0 Å². The van der Waals surface area contributed by atoms with Gasteiger partial charge in [0, 0.05) is 0 Å². The van der Waals surface area contributed by atoms with Crippen molar-refractivity contribution in [1.82, 2.24) is 10.6 Å². The summed E-state index contributed by atoms with van der Waals surface area (Å²) in [5, 5.41) is 6.67. The fraction of sp³-hybridized carbons (Fsp3) is 0.800. The molecule has 0 bridgehead atoms. The lowest BCUT2D eigenvalue weighted by atomic mass is 10.3. The van der Waals surface area contributed by atoms with Gasteiger partial charge < -0.3 is 22.1 Å². The number of hydrogen-bond acceptors (Lipinski definition) is 4. The maximum atomic E-state index is 5.37. The fourth-order valence-electron chi connectivity index (χ4n) is 1.10. The molecule has 0 spiro atoms. The average Bonchev–Trinajstić information content (AvgIpc) is 2.21. The molecule has 14 heavy (non-hydrogen) atoms. The van der Waals surface area contributed by atoms with Gasteiger partial charge >= 0.3 is 0 Å². The van der Waals surface area contributed by atoms with Crippen LogP contribution in [-0.4, -0.2) is 32.7 Å². The van der Waals surface area contributed by atoms with Gasteiger partial charge in [-0.2, -0.15) is 0 Å². The molecule has 0 unspecified atom stereocenters. The Hall–Kier alpha value is -0.580. The first kappa shape index (κ1) is 13.4. The molecule has 0 aliphatic rings. The fourth-order valence-corrected chi connectivity index (χ4v) is 1.10. The number of hydrogen-bond donors (Lipinski definition) is 4. The molecule has 4 nitrogen and oxygen atoms in total. The first-order valence-corrected chi connectivity index (χ1v) is 5.40. The molecule has 0 aromatic rings. The molecule has 4 heteroatoms. The highest BCUT2D eigenvalue weighted by Crippen LogP contribution is 1.79. The second kappa shape index (κ2) is 12.4. The Bertz CT molecular complexity index is 125. The van der Waals surface area contributed by atoms with Gasteiger partial charge in [0.1, 0.15) is 0 Å². The van der Waals surface area contributed by atoms with Crippen LogP contribution >= 0.6 is 0 Å². The minimum Gasteiger partial charge on any atom is -0.405 e. The summed E-state index contributed by atoms with van der Waals surface area (Å²) >= 11 is 0. The summed E-state index contributed by atoms with van der Waals surface area (Å²) in [5.41, 5.74) is 10.6. The minimum atomic E-state index is 0.774. The van der Waals surface area contributed by atoms with Gasteiger partial charge in [-0.1, -0.05) is 6.08 Å². The standard InChI is InChI=1S/C10H24N4/c11-5-1-2-7-13-9-4-10-14-8-3-6-12/h1,5,13-14H,2-4,6-12H2. The summed E-state index contributed by atoms with van der Waals surface area (Å²) in [6.45, 7) is 4.95. The summed E-state index contributed by atoms with van der Waals surface area (Å²) in [5.74, 6) is 0. The van der Waals surface area contributed by atoms with E-state index >= 15 is 0 Å². The lowest BCUT2D eigenvalue weighted by molar-refractivity contribution is 0.589. The smallest absolute Gasteiger partial charge is 0.00136 e. The van der Waals surface area contributed by atoms with E-state index in [4.69, 9.17) is 11.5 Å². The van der Waals surface area contributed by atoms with Gasteiger partial charge in [0.2, 0.25) is 0 Å². The highest BCUT2D eigenvalue weighted by molar-refractivity contribution is 4.75. The lowest BCUT2D eigenvalue weighted by Gasteiger charge is -2.04. The lowest BCUT2D eigenvalue weighted by Crippen LogP contribution is -2.24. The zero-order valence-electron chi connectivity index (χ0n) is 8.97. The Morgan fingerprint density at radius 3 is 2.21 bits per heavy atom. The average molecular weight is 200 g/mol. The third-order valence-corrected chi connectivity index (χ3v) is 1.89. The molecule has 0 aliphatic heterocycles. The van der Waals surface area contributed by atoms with Gasteiger partial charge in [0.05, 0.1) is 0 Å². The van der Waals surface area contributed by atoms with Crippen LogP contribution in [-0.2, 0) is 0 Å². The zero-order chi connectivity index (χ0) is 10.5. The molecule has 0 heterocycles. The van der Waals surface area contributed by atoms with Crippen molar-refractivity contribution in [1.29, 1.82) is 0 Å². The molecule has 84 valence electrons. The quantitative estimate of drug-likeness (QED) is 0.367. The third-order valence-electron chi connectivity index (χ3n) is 1.89. The van der Waals surface area contributed by atoms with E-state index in [2.05, 4.69) is 10.6 Å². The van der Waals surface area contributed by atoms with Crippen LogP contribution in [0.2, 0.25) is 0 Å². The van der Waals surface area contributed by atoms with Crippen LogP contribution in [0.15, 0.2) is 12.3 Å². The van der Waals surface area contributed by atoms with Crippen molar-refractivity contribution < 1.29 is 0 Å². The van der Waals surface area contributed by atoms with E-state index in [-0.39, 0.29) is 0 Å². The van der Waals surface area contributed by atoms with Gasteiger partial charge in [-0.25, -0.2) is 0 Å². The van der Waals surface area contributed by atoms with Crippen LogP contribution in [0.4, 0.5) is 0 Å². The van der Waals surface area contributed by atoms with Crippen molar-refractivity contribution in [2.75, 3.05) is 32.7 Å². The van der Waals surface area contributed by atoms with Crippen LogP contribution in [0.25, 0.3) is 0 Å². The molecule has 0 aromatic heterocycles. The minimum absolute atomic E-state index is 0.774. The molecule has 0 amide bonds. The molecule has 0 saturated heterocycles. The third kappa shape index (κ3) is 11.4. The van der Waals surface area contributed by atoms with Crippen LogP contribution in [0, 0.1) is 0 Å². The molecule has 0 radical (unpaired) electrons. The van der Waals surface area contributed by atoms with E-state index in [9.17, 15) is 0 Å². The van der Waals surface area contributed by atoms with Gasteiger partial charge in [0.15, 0.2) is 0 Å². The van der Waals surface area contributed by atoms with Crippen LogP contribution in [0.3, 0.4) is 0 Å². The summed E-state index contributed by atoms with van der Waals surface area (Å²) in [4.78, 5) is 0. The van der Waals surface area contributed by atoms with Crippen LogP contribution in [0.5, 0.6) is 0 Å². The Labute approximate surface area is 87.1 Å². The number of nitrogens with two attached hydrogens (primary N) is 2. The molecule has 0 aliphatic carbocycles. The Morgan fingerprint density at radius 2 is 1.57 bits per heavy atom. The number of nitrogens with one attached hydrogen (secondary N) is 2. The topological polar surface area (TPSA) is 76.1 Å². The van der Waals surface area contributed by atoms with E-state index in [0.29, 0.717) is 0 Å². The largest absolute Gasteiger partial charge is 0.405 e. The van der Waals surface area contributed by atoms with Gasteiger partial charge in [-0.15, -0.1) is 0 Å². The molecule has 0 atom stereocenters. The summed E-state index contributed by atoms with van der Waals surface area (Å²) in [6.07, 6.45) is 6.80. The summed E-state index contributed by atoms with van der Waals surface area (Å²) in [6, 6.07) is 0. The molecule has 0 fully saturated rings. The van der Waals surface area contributed by atoms with E-state index in [1.54, 1.807) is 6.20 Å². The molecule has 6 N–H and O–H groups in total. The first-order chi connectivity index (χ1) is 6.91. The van der Waals surface area contributed by atoms with Gasteiger partial charge in [-0.3, -0.25) is 0 Å². The summed E-state index contributed by atoms with van der Waals surface area (Å²) in [7, 11) is 0. The van der Waals surface area contributed by atoms with Crippen molar-refractivity contribution in [3.05, 3.63) is 12.3 Å². The van der Waals surface area contributed by atoms with E-state index in [1.807, 2.05) is 6.08 Å². The number of rotatable bonds is 10. The van der Waals surface area contributed by atoms with Crippen molar-refractivity contribution >= 4 is 0 Å². The van der Waals surface area contributed by atoms with Crippen molar-refractivity contribution in [3.63, 3.8) is 0 Å². The maximum absolute atomic E-state index is 5.37. The maximum Gasteiger partial charge on any atom is -0.00136 e. The van der Waals surface area contributed by atoms with Crippen LogP contribution < -0.4 is 22.1 Å². The second-order valence-electron chi connectivity index (χ2n) is 3.21. The monoisotopic (exact) mass is 200 g/mol. The summed E-state index contributed by atoms with van der Waals surface area (Å²) < 4.78 is 0. The Kier molecular flexibility index (Phi) is 11.9. The van der Waals surface area contributed by atoms with E-state index in [1.165, 1.54) is 0 Å². The van der Waals surface area contributed by atoms with Crippen LogP contribution in [0.1, 0.15) is 19.3 Å². The van der Waals surface area contributed by atoms with Crippen molar-refractivity contribution in [3.8, 4) is 0 Å². The van der Waals surface area contributed by atoms with Crippen molar-refractivity contribution in [2.45, 2.75) is 19.3 Å². The molecular weight excluding hydrogens is 176 g/mol. The molecule has 0 saturated carbocycles. The molecule has 0 rings (SSSR count). The predicted octanol–water partition coefficient (Wildman–Crippen LogP) is -0.233. The second-order valence-corrected chi connectivity index (χ2v) is 3.21. The van der Waals surface area contributed by atoms with Gasteiger partial charge in [-0.05, 0) is 58.2 Å². The highest BCUT2D eigenvalue weighted by atomic mass is 14.9. The Balaban J connectivity index is 2.85. The first-order valence-electron chi connectivity index (χ1n) is 5.40. The zero-order valence-corrected chi connectivity index (χ0v) is 8.97. The van der Waals surface area contributed by atoms with E-state index < -0.39 is 0 Å². The highest BCUT2D eigenvalue weighted by Gasteiger charge is 1.87. The van der Waals surface area contributed by atoms with E-state index in [0.717, 1.165) is 52.0 Å².